The molecule has 1 N–H and O–H groups in total. The van der Waals surface area contributed by atoms with Gasteiger partial charge in [-0.15, -0.1) is 11.3 Å². The van der Waals surface area contributed by atoms with Gasteiger partial charge in [0.25, 0.3) is 11.8 Å². The number of benzene rings is 1. The van der Waals surface area contributed by atoms with E-state index in [-0.39, 0.29) is 11.8 Å². The topological polar surface area (TPSA) is 62.3 Å². The normalized spacial score (nSPS) is 14.0. The lowest BCUT2D eigenvalue weighted by Crippen LogP contribution is -2.28. The Kier molecular flexibility index (Phi) is 5.07. The van der Waals surface area contributed by atoms with Gasteiger partial charge in [-0.25, -0.2) is 4.98 Å². The summed E-state index contributed by atoms with van der Waals surface area (Å²) in [6, 6.07) is 7.74. The van der Waals surface area contributed by atoms with E-state index in [0.29, 0.717) is 17.2 Å². The van der Waals surface area contributed by atoms with E-state index in [9.17, 15) is 9.59 Å². The summed E-state index contributed by atoms with van der Waals surface area (Å²) in [5.74, 6) is -0.333. The van der Waals surface area contributed by atoms with Crippen LogP contribution in [0.1, 0.15) is 38.7 Å². The number of aromatic nitrogens is 1. The predicted octanol–water partition coefficient (Wildman–Crippen LogP) is 3.07. The molecule has 1 aromatic heterocycles. The van der Waals surface area contributed by atoms with Crippen LogP contribution in [0.2, 0.25) is 0 Å². The van der Waals surface area contributed by atoms with Crippen LogP contribution in [-0.4, -0.2) is 34.8 Å². The van der Waals surface area contributed by atoms with E-state index in [1.165, 1.54) is 11.3 Å². The Morgan fingerprint density at radius 3 is 2.83 bits per heavy atom. The summed E-state index contributed by atoms with van der Waals surface area (Å²) in [5, 5.41) is 4.85. The molecule has 0 radical (unpaired) electrons. The second-order valence-electron chi connectivity index (χ2n) is 5.35. The van der Waals surface area contributed by atoms with Gasteiger partial charge >= 0.3 is 0 Å². The van der Waals surface area contributed by atoms with Gasteiger partial charge in [-0.05, 0) is 30.5 Å². The maximum Gasteiger partial charge on any atom is 0.282 e. The fraction of sp³-hybridized carbons (Fsp3) is 0.312. The summed E-state index contributed by atoms with van der Waals surface area (Å²) >= 11 is 4.63. The molecule has 3 rings (SSSR count). The molecule has 2 amide bonds. The van der Waals surface area contributed by atoms with E-state index in [4.69, 9.17) is 0 Å². The molecule has 0 unspecified atom stereocenters. The zero-order valence-electron chi connectivity index (χ0n) is 12.4. The molecule has 1 aromatic carbocycles. The third kappa shape index (κ3) is 3.97. The SMILES string of the molecule is O=C(NCc1cccc(Br)c1)c1csc(C(=O)N2CCCC2)n1. The number of hydrogen-bond donors (Lipinski definition) is 1. The number of nitrogens with one attached hydrogen (secondary N) is 1. The Morgan fingerprint density at radius 1 is 1.30 bits per heavy atom. The molecule has 1 fully saturated rings. The fourth-order valence-corrected chi connectivity index (χ4v) is 3.66. The highest BCUT2D eigenvalue weighted by molar-refractivity contribution is 9.10. The molecule has 1 saturated heterocycles. The number of carbonyl (C=O) groups excluding carboxylic acids is 2. The van der Waals surface area contributed by atoms with Crippen LogP contribution in [0.15, 0.2) is 34.1 Å². The van der Waals surface area contributed by atoms with E-state index < -0.39 is 0 Å². The minimum Gasteiger partial charge on any atom is -0.347 e. The summed E-state index contributed by atoms with van der Waals surface area (Å²) < 4.78 is 0.969. The number of thiazole rings is 1. The van der Waals surface area contributed by atoms with Crippen LogP contribution in [-0.2, 0) is 6.54 Å². The van der Waals surface area contributed by atoms with Crippen molar-refractivity contribution in [3.63, 3.8) is 0 Å². The molecule has 7 heteroatoms. The largest absolute Gasteiger partial charge is 0.347 e. The first-order valence-electron chi connectivity index (χ1n) is 7.41. The average Bonchev–Trinajstić information content (AvgIpc) is 3.23. The van der Waals surface area contributed by atoms with Crippen LogP contribution in [0.25, 0.3) is 0 Å². The number of amides is 2. The van der Waals surface area contributed by atoms with Gasteiger partial charge in [-0.1, -0.05) is 28.1 Å². The molecule has 0 bridgehead atoms. The molecule has 0 atom stereocenters. The highest BCUT2D eigenvalue weighted by atomic mass is 79.9. The lowest BCUT2D eigenvalue weighted by Gasteiger charge is -2.12. The van der Waals surface area contributed by atoms with Crippen molar-refractivity contribution in [2.75, 3.05) is 13.1 Å². The summed E-state index contributed by atoms with van der Waals surface area (Å²) in [4.78, 5) is 30.4. The van der Waals surface area contributed by atoms with E-state index in [0.717, 1.165) is 36.0 Å². The Bertz CT molecular complexity index is 726. The minimum atomic E-state index is -0.262. The quantitative estimate of drug-likeness (QED) is 0.867. The molecule has 0 spiro atoms. The monoisotopic (exact) mass is 393 g/mol. The molecular formula is C16H16BrN3O2S. The first-order chi connectivity index (χ1) is 11.1. The second-order valence-corrected chi connectivity index (χ2v) is 7.12. The molecule has 1 aliphatic heterocycles. The van der Waals surface area contributed by atoms with Crippen molar-refractivity contribution in [3.8, 4) is 0 Å². The summed E-state index contributed by atoms with van der Waals surface area (Å²) in [6.45, 7) is 1.98. The van der Waals surface area contributed by atoms with Gasteiger partial charge in [0.2, 0.25) is 0 Å². The smallest absolute Gasteiger partial charge is 0.282 e. The van der Waals surface area contributed by atoms with Crippen molar-refractivity contribution >= 4 is 39.1 Å². The highest BCUT2D eigenvalue weighted by Gasteiger charge is 2.23. The van der Waals surface area contributed by atoms with E-state index in [2.05, 4.69) is 26.2 Å². The molecule has 5 nitrogen and oxygen atoms in total. The third-order valence-corrected chi connectivity index (χ3v) is 4.98. The number of halogens is 1. The molecule has 1 aliphatic rings. The van der Waals surface area contributed by atoms with Gasteiger partial charge in [0.1, 0.15) is 5.69 Å². The van der Waals surface area contributed by atoms with Crippen molar-refractivity contribution in [3.05, 3.63) is 50.4 Å². The molecular weight excluding hydrogens is 378 g/mol. The highest BCUT2D eigenvalue weighted by Crippen LogP contribution is 2.17. The minimum absolute atomic E-state index is 0.0708. The zero-order valence-corrected chi connectivity index (χ0v) is 14.8. The molecule has 0 aliphatic carbocycles. The summed E-state index contributed by atoms with van der Waals surface area (Å²) in [7, 11) is 0. The molecule has 0 saturated carbocycles. The zero-order chi connectivity index (χ0) is 16.2. The van der Waals surface area contributed by atoms with Crippen LogP contribution >= 0.6 is 27.3 Å². The van der Waals surface area contributed by atoms with Crippen molar-refractivity contribution in [2.45, 2.75) is 19.4 Å². The molecule has 120 valence electrons. The van der Waals surface area contributed by atoms with Crippen molar-refractivity contribution in [1.29, 1.82) is 0 Å². The van der Waals surface area contributed by atoms with Crippen molar-refractivity contribution in [2.24, 2.45) is 0 Å². The second kappa shape index (κ2) is 7.23. The number of rotatable bonds is 4. The number of carbonyl (C=O) groups is 2. The van der Waals surface area contributed by atoms with Crippen LogP contribution in [0, 0.1) is 0 Å². The lowest BCUT2D eigenvalue weighted by atomic mass is 10.2. The van der Waals surface area contributed by atoms with Crippen molar-refractivity contribution in [1.82, 2.24) is 15.2 Å². The predicted molar refractivity (Wildman–Crippen MR) is 92.6 cm³/mol. The van der Waals surface area contributed by atoms with Crippen LogP contribution in [0.3, 0.4) is 0 Å². The van der Waals surface area contributed by atoms with Gasteiger partial charge in [-0.2, -0.15) is 0 Å². The molecule has 2 heterocycles. The fourth-order valence-electron chi connectivity index (χ4n) is 2.45. The Balaban J connectivity index is 1.60. The molecule has 2 aromatic rings. The van der Waals surface area contributed by atoms with Gasteiger partial charge < -0.3 is 10.2 Å². The van der Waals surface area contributed by atoms with Gasteiger partial charge in [0.05, 0.1) is 0 Å². The standard InChI is InChI=1S/C16H16BrN3O2S/c17-12-5-3-4-11(8-12)9-18-14(21)13-10-23-15(19-13)16(22)20-6-1-2-7-20/h3-5,8,10H,1-2,6-7,9H2,(H,18,21). The third-order valence-electron chi connectivity index (χ3n) is 3.66. The number of hydrogen-bond acceptors (Lipinski definition) is 4. The first kappa shape index (κ1) is 16.1. The van der Waals surface area contributed by atoms with Gasteiger partial charge in [-0.3, -0.25) is 9.59 Å². The van der Waals surface area contributed by atoms with Crippen LogP contribution in [0.5, 0.6) is 0 Å². The summed E-state index contributed by atoms with van der Waals surface area (Å²) in [6.07, 6.45) is 2.08. The Hall–Kier alpha value is -1.73. The Morgan fingerprint density at radius 2 is 2.09 bits per heavy atom. The maximum absolute atomic E-state index is 12.2. The number of nitrogens with zero attached hydrogens (tertiary/aromatic N) is 2. The van der Waals surface area contributed by atoms with E-state index >= 15 is 0 Å². The van der Waals surface area contributed by atoms with Gasteiger partial charge in [0, 0.05) is 29.5 Å². The first-order valence-corrected chi connectivity index (χ1v) is 9.08. The maximum atomic E-state index is 12.2. The average molecular weight is 394 g/mol. The molecule has 23 heavy (non-hydrogen) atoms. The van der Waals surface area contributed by atoms with Crippen LogP contribution in [0.4, 0.5) is 0 Å². The number of likely N-dealkylation sites (tertiary alicyclic amines) is 1. The van der Waals surface area contributed by atoms with Crippen LogP contribution < -0.4 is 5.32 Å². The van der Waals surface area contributed by atoms with E-state index in [1.54, 1.807) is 10.3 Å². The van der Waals surface area contributed by atoms with Gasteiger partial charge in [0.15, 0.2) is 5.01 Å². The lowest BCUT2D eigenvalue weighted by molar-refractivity contribution is 0.0792. The van der Waals surface area contributed by atoms with Crippen molar-refractivity contribution < 1.29 is 9.59 Å². The van der Waals surface area contributed by atoms with E-state index in [1.807, 2.05) is 24.3 Å². The Labute approximate surface area is 146 Å². The summed E-state index contributed by atoms with van der Waals surface area (Å²) in [5.41, 5.74) is 1.30.